The quantitative estimate of drug-likeness (QED) is 0.164. The fourth-order valence-electron chi connectivity index (χ4n) is 8.29. The second-order valence-corrected chi connectivity index (χ2v) is 15.3. The Morgan fingerprint density at radius 3 is 1.34 bits per heavy atom. The summed E-state index contributed by atoms with van der Waals surface area (Å²) in [6.45, 7) is 0. The Hall–Kier alpha value is -5.80. The predicted molar refractivity (Wildman–Crippen MR) is 221 cm³/mol. The highest BCUT2D eigenvalue weighted by atomic mass is 32.1. The molecule has 9 aromatic carbocycles. The first-order chi connectivity index (χ1) is 24.8. The second-order valence-electron chi connectivity index (χ2n) is 13.2. The van der Waals surface area contributed by atoms with Crippen molar-refractivity contribution in [3.05, 3.63) is 170 Å². The van der Waals surface area contributed by atoms with E-state index in [4.69, 9.17) is 0 Å². The van der Waals surface area contributed by atoms with Crippen LogP contribution in [-0.4, -0.2) is 0 Å². The highest BCUT2D eigenvalue weighted by molar-refractivity contribution is 7.26. The molecule has 0 spiro atoms. The summed E-state index contributed by atoms with van der Waals surface area (Å²) in [6, 6.07) is 63.3. The molecule has 0 aliphatic carbocycles. The molecule has 0 aliphatic heterocycles. The Labute approximate surface area is 297 Å². The third-order valence-corrected chi connectivity index (χ3v) is 12.7. The first-order valence-corrected chi connectivity index (χ1v) is 18.7. The average Bonchev–Trinajstić information content (AvgIpc) is 3.75. The molecule has 232 valence electrons. The van der Waals surface area contributed by atoms with Crippen molar-refractivity contribution < 1.29 is 0 Å². The van der Waals surface area contributed by atoms with Crippen LogP contribution in [0.1, 0.15) is 0 Å². The van der Waals surface area contributed by atoms with Crippen LogP contribution in [0, 0.1) is 0 Å². The van der Waals surface area contributed by atoms with E-state index in [9.17, 15) is 0 Å². The molecule has 50 heavy (non-hydrogen) atoms. The summed E-state index contributed by atoms with van der Waals surface area (Å²) in [5.74, 6) is 0. The summed E-state index contributed by atoms with van der Waals surface area (Å²) in [7, 11) is 0. The molecule has 0 aliphatic rings. The zero-order valence-corrected chi connectivity index (χ0v) is 28.6. The van der Waals surface area contributed by atoms with Crippen molar-refractivity contribution in [2.75, 3.05) is 0 Å². The van der Waals surface area contributed by atoms with Gasteiger partial charge in [-0.1, -0.05) is 133 Å². The van der Waals surface area contributed by atoms with Crippen LogP contribution in [-0.2, 0) is 0 Å². The van der Waals surface area contributed by atoms with Gasteiger partial charge in [-0.3, -0.25) is 0 Å². The van der Waals surface area contributed by atoms with E-state index in [0.29, 0.717) is 0 Å². The van der Waals surface area contributed by atoms with Gasteiger partial charge in [0.05, 0.1) is 0 Å². The Morgan fingerprint density at radius 2 is 0.740 bits per heavy atom. The third-order valence-electron chi connectivity index (χ3n) is 10.5. The topological polar surface area (TPSA) is 0 Å². The number of thiophene rings is 2. The van der Waals surface area contributed by atoms with Gasteiger partial charge >= 0.3 is 0 Å². The maximum atomic E-state index is 2.49. The summed E-state index contributed by atoms with van der Waals surface area (Å²) in [4.78, 5) is 0. The lowest BCUT2D eigenvalue weighted by atomic mass is 9.85. The predicted octanol–water partition coefficient (Wildman–Crippen LogP) is 14.9. The molecule has 0 fully saturated rings. The number of rotatable bonds is 3. The molecule has 2 heterocycles. The normalized spacial score (nSPS) is 12.0. The van der Waals surface area contributed by atoms with Gasteiger partial charge in [0.1, 0.15) is 0 Å². The lowest BCUT2D eigenvalue weighted by Crippen LogP contribution is -1.91. The molecule has 0 bridgehead atoms. The van der Waals surface area contributed by atoms with Crippen LogP contribution in [0.4, 0.5) is 0 Å². The fourth-order valence-corrected chi connectivity index (χ4v) is 10.6. The van der Waals surface area contributed by atoms with Gasteiger partial charge in [0.2, 0.25) is 0 Å². The average molecular weight is 669 g/mol. The standard InChI is InChI=1S/C48H28S2/c1-2-12-30-27-31(26-25-29(30)11-1)46-36-17-7-15-32(34-19-9-23-44-47(34)38-13-3-5-21-42(38)49-44)40(36)28-41-33(16-8-18-37(41)46)35-20-10-24-45-48(35)39-14-4-6-22-43(39)50-45/h1-28H. The molecule has 0 nitrogen and oxygen atoms in total. The lowest BCUT2D eigenvalue weighted by molar-refractivity contribution is 1.68. The van der Waals surface area contributed by atoms with Gasteiger partial charge in [0, 0.05) is 40.3 Å². The molecule has 0 N–H and O–H groups in total. The minimum absolute atomic E-state index is 1.24. The zero-order valence-electron chi connectivity index (χ0n) is 27.0. The van der Waals surface area contributed by atoms with Crippen molar-refractivity contribution in [2.45, 2.75) is 0 Å². The van der Waals surface area contributed by atoms with E-state index in [-0.39, 0.29) is 0 Å². The molecule has 11 rings (SSSR count). The van der Waals surface area contributed by atoms with E-state index >= 15 is 0 Å². The number of hydrogen-bond acceptors (Lipinski definition) is 2. The monoisotopic (exact) mass is 668 g/mol. The molecule has 0 unspecified atom stereocenters. The summed E-state index contributed by atoms with van der Waals surface area (Å²) in [5.41, 5.74) is 7.66. The maximum absolute atomic E-state index is 2.49. The largest absolute Gasteiger partial charge is 0.135 e. The van der Waals surface area contributed by atoms with Gasteiger partial charge < -0.3 is 0 Å². The molecule has 2 heteroatoms. The Kier molecular flexibility index (Phi) is 6.09. The first kappa shape index (κ1) is 28.1. The minimum atomic E-state index is 1.24. The molecular weight excluding hydrogens is 641 g/mol. The molecular formula is C48H28S2. The first-order valence-electron chi connectivity index (χ1n) is 17.1. The van der Waals surface area contributed by atoms with Gasteiger partial charge in [0.25, 0.3) is 0 Å². The van der Waals surface area contributed by atoms with Crippen LogP contribution < -0.4 is 0 Å². The lowest BCUT2D eigenvalue weighted by Gasteiger charge is -2.18. The van der Waals surface area contributed by atoms with Gasteiger partial charge in [0.15, 0.2) is 0 Å². The van der Waals surface area contributed by atoms with Crippen LogP contribution in [0.3, 0.4) is 0 Å². The van der Waals surface area contributed by atoms with Crippen LogP contribution in [0.5, 0.6) is 0 Å². The summed E-state index contributed by atoms with van der Waals surface area (Å²) in [5, 5.41) is 13.0. The fraction of sp³-hybridized carbons (Fsp3) is 0. The Balaban J connectivity index is 1.30. The zero-order chi connectivity index (χ0) is 32.8. The molecule has 2 aromatic heterocycles. The smallest absolute Gasteiger partial charge is 0.0361 e. The molecule has 0 amide bonds. The van der Waals surface area contributed by atoms with E-state index in [1.807, 2.05) is 22.7 Å². The SMILES string of the molecule is c1ccc2cc(-c3c4cccc(-c5cccc6sc7ccccc7c56)c4cc4c(-c5cccc6sc7ccccc7c56)cccc34)ccc2c1. The van der Waals surface area contributed by atoms with Crippen molar-refractivity contribution in [1.29, 1.82) is 0 Å². The highest BCUT2D eigenvalue weighted by Crippen LogP contribution is 2.48. The molecule has 0 saturated heterocycles. The minimum Gasteiger partial charge on any atom is -0.135 e. The summed E-state index contributed by atoms with van der Waals surface area (Å²) >= 11 is 3.77. The Bertz CT molecular complexity index is 2980. The van der Waals surface area contributed by atoms with Crippen molar-refractivity contribution in [3.63, 3.8) is 0 Å². The third kappa shape index (κ3) is 4.10. The molecule has 0 atom stereocenters. The van der Waals surface area contributed by atoms with E-state index in [1.54, 1.807) is 0 Å². The number of hydrogen-bond donors (Lipinski definition) is 0. The van der Waals surface area contributed by atoms with Crippen LogP contribution in [0.2, 0.25) is 0 Å². The summed E-state index contributed by atoms with van der Waals surface area (Å²) < 4.78 is 5.31. The van der Waals surface area contributed by atoms with E-state index in [0.717, 1.165) is 0 Å². The second kappa shape index (κ2) is 10.9. The molecule has 0 saturated carbocycles. The van der Waals surface area contributed by atoms with E-state index in [2.05, 4.69) is 170 Å². The highest BCUT2D eigenvalue weighted by Gasteiger charge is 2.20. The molecule has 11 aromatic rings. The van der Waals surface area contributed by atoms with Crippen molar-refractivity contribution >= 4 is 95.3 Å². The van der Waals surface area contributed by atoms with E-state index < -0.39 is 0 Å². The summed E-state index contributed by atoms with van der Waals surface area (Å²) in [6.07, 6.45) is 0. The van der Waals surface area contributed by atoms with Gasteiger partial charge in [-0.05, 0) is 102 Å². The van der Waals surface area contributed by atoms with Crippen LogP contribution in [0.15, 0.2) is 170 Å². The molecule has 0 radical (unpaired) electrons. The van der Waals surface area contributed by atoms with Crippen molar-refractivity contribution in [2.24, 2.45) is 0 Å². The Morgan fingerprint density at radius 1 is 0.280 bits per heavy atom. The van der Waals surface area contributed by atoms with Crippen molar-refractivity contribution in [1.82, 2.24) is 0 Å². The van der Waals surface area contributed by atoms with Gasteiger partial charge in [-0.2, -0.15) is 0 Å². The maximum Gasteiger partial charge on any atom is 0.0361 e. The van der Waals surface area contributed by atoms with E-state index in [1.165, 1.54) is 106 Å². The number of benzene rings is 9. The van der Waals surface area contributed by atoms with Crippen molar-refractivity contribution in [3.8, 4) is 33.4 Å². The number of fused-ring (bicyclic) bond motifs is 9. The van der Waals surface area contributed by atoms with Gasteiger partial charge in [-0.25, -0.2) is 0 Å². The van der Waals surface area contributed by atoms with Crippen LogP contribution >= 0.6 is 22.7 Å². The van der Waals surface area contributed by atoms with Crippen LogP contribution in [0.25, 0.3) is 106 Å². The van der Waals surface area contributed by atoms with Gasteiger partial charge in [-0.15, -0.1) is 22.7 Å².